The molecular weight excluding hydrogens is 376 g/mol. The van der Waals surface area contributed by atoms with Gasteiger partial charge in [-0.1, -0.05) is 17.6 Å². The quantitative estimate of drug-likeness (QED) is 0.647. The molecule has 0 bridgehead atoms. The van der Waals surface area contributed by atoms with E-state index in [1.165, 1.54) is 4.88 Å². The summed E-state index contributed by atoms with van der Waals surface area (Å²) >= 11 is 3.46. The van der Waals surface area contributed by atoms with Crippen molar-refractivity contribution in [3.05, 3.63) is 52.3 Å². The van der Waals surface area contributed by atoms with E-state index in [4.69, 9.17) is 14.9 Å². The summed E-state index contributed by atoms with van der Waals surface area (Å²) in [5.74, 6) is 1.68. The molecule has 0 spiro atoms. The average molecular weight is 399 g/mol. The zero-order chi connectivity index (χ0) is 19.3. The number of methoxy groups -OCH3 is 2. The maximum atomic E-state index is 8.92. The molecule has 0 saturated heterocycles. The van der Waals surface area contributed by atoms with E-state index in [9.17, 15) is 0 Å². The number of nitrogens with one attached hydrogen (secondary N) is 1. The number of aryl methyl sites for hydroxylation is 1. The minimum atomic E-state index is -0.116. The lowest BCUT2D eigenvalue weighted by molar-refractivity contribution is 0.411. The van der Waals surface area contributed by atoms with E-state index in [-0.39, 0.29) is 4.75 Å². The summed E-state index contributed by atoms with van der Waals surface area (Å²) in [5.41, 5.74) is 4.68. The molecule has 4 rings (SSSR count). The number of ether oxygens (including phenoxy) is 2. The molecule has 3 aromatic rings. The van der Waals surface area contributed by atoms with Gasteiger partial charge in [-0.2, -0.15) is 0 Å². The van der Waals surface area contributed by atoms with Crippen LogP contribution < -0.4 is 15.0 Å². The summed E-state index contributed by atoms with van der Waals surface area (Å²) in [6, 6.07) is 12.2. The fourth-order valence-electron chi connectivity index (χ4n) is 3.41. The van der Waals surface area contributed by atoms with Crippen molar-refractivity contribution in [2.75, 3.05) is 14.2 Å². The van der Waals surface area contributed by atoms with Crippen LogP contribution in [0.25, 0.3) is 16.8 Å². The van der Waals surface area contributed by atoms with Crippen molar-refractivity contribution in [2.45, 2.75) is 30.4 Å². The van der Waals surface area contributed by atoms with Crippen molar-refractivity contribution in [3.63, 3.8) is 0 Å². The molecule has 0 radical (unpaired) electrons. The van der Waals surface area contributed by atoms with Crippen molar-refractivity contribution in [1.82, 2.24) is 3.96 Å². The third-order valence-corrected chi connectivity index (χ3v) is 7.72. The highest BCUT2D eigenvalue weighted by atomic mass is 32.2. The van der Waals surface area contributed by atoms with Crippen LogP contribution >= 0.6 is 23.3 Å². The molecule has 4 nitrogen and oxygen atoms in total. The van der Waals surface area contributed by atoms with Gasteiger partial charge in [-0.25, -0.2) is 3.96 Å². The highest BCUT2D eigenvalue weighted by molar-refractivity contribution is 8.00. The molecule has 1 N–H and O–H groups in total. The Labute approximate surface area is 167 Å². The summed E-state index contributed by atoms with van der Waals surface area (Å²) in [6.07, 6.45) is 0. The summed E-state index contributed by atoms with van der Waals surface area (Å²) in [7, 11) is 3.37. The molecule has 0 atom stereocenters. The van der Waals surface area contributed by atoms with E-state index in [0.717, 1.165) is 38.8 Å². The van der Waals surface area contributed by atoms with E-state index in [0.29, 0.717) is 5.49 Å². The van der Waals surface area contributed by atoms with Gasteiger partial charge in [-0.15, -0.1) is 11.8 Å². The van der Waals surface area contributed by atoms with Gasteiger partial charge >= 0.3 is 0 Å². The third-order valence-electron chi connectivity index (χ3n) is 4.85. The molecule has 1 aromatic heterocycles. The van der Waals surface area contributed by atoms with Gasteiger partial charge in [-0.05, 0) is 50.6 Å². The first-order valence-corrected chi connectivity index (χ1v) is 10.3. The van der Waals surface area contributed by atoms with Gasteiger partial charge in [-0.3, -0.25) is 5.41 Å². The minimum Gasteiger partial charge on any atom is -0.497 e. The lowest BCUT2D eigenvalue weighted by atomic mass is 9.99. The van der Waals surface area contributed by atoms with Crippen molar-refractivity contribution < 1.29 is 9.47 Å². The lowest BCUT2D eigenvalue weighted by Gasteiger charge is -2.30. The molecule has 0 amide bonds. The Morgan fingerprint density at radius 1 is 1.04 bits per heavy atom. The van der Waals surface area contributed by atoms with E-state index in [2.05, 4.69) is 26.0 Å². The minimum absolute atomic E-state index is 0.116. The fraction of sp³-hybridized carbons (Fsp3) is 0.286. The molecule has 140 valence electrons. The normalized spacial score (nSPS) is 14.4. The number of rotatable bonds is 3. The molecule has 1 aliphatic heterocycles. The molecule has 27 heavy (non-hydrogen) atoms. The van der Waals surface area contributed by atoms with E-state index in [1.54, 1.807) is 25.8 Å². The van der Waals surface area contributed by atoms with E-state index >= 15 is 0 Å². The van der Waals surface area contributed by atoms with Crippen molar-refractivity contribution in [3.8, 4) is 28.3 Å². The second kappa shape index (κ2) is 6.46. The van der Waals surface area contributed by atoms with Gasteiger partial charge in [0.1, 0.15) is 17.0 Å². The molecule has 6 heteroatoms. The highest BCUT2D eigenvalue weighted by Crippen LogP contribution is 2.54. The molecule has 0 saturated carbocycles. The van der Waals surface area contributed by atoms with E-state index < -0.39 is 0 Å². The van der Waals surface area contributed by atoms with Crippen LogP contribution in [0.1, 0.15) is 24.3 Å². The molecule has 0 fully saturated rings. The first kappa shape index (κ1) is 18.2. The molecule has 0 aliphatic carbocycles. The predicted octanol–water partition coefficient (Wildman–Crippen LogP) is 5.35. The Hall–Kier alpha value is -2.18. The zero-order valence-corrected chi connectivity index (χ0v) is 17.7. The summed E-state index contributed by atoms with van der Waals surface area (Å²) in [5, 5.41) is 8.92. The molecule has 1 aliphatic rings. The smallest absolute Gasteiger partial charge is 0.148 e. The number of hydrogen-bond donors (Lipinski definition) is 1. The van der Waals surface area contributed by atoms with Crippen LogP contribution in [0.5, 0.6) is 11.5 Å². The van der Waals surface area contributed by atoms with Crippen molar-refractivity contribution >= 4 is 23.3 Å². The SMILES string of the molecule is COc1ccc2c(c1)SC(C)(C)c1sn(-c3ccc(C)c(OC)c3)c(=N)c1-2. The van der Waals surface area contributed by atoms with Gasteiger partial charge in [0.25, 0.3) is 0 Å². The number of thioether (sulfide) groups is 1. The number of benzene rings is 2. The topological polar surface area (TPSA) is 47.2 Å². The molecular formula is C21H22N2O2S2. The van der Waals surface area contributed by atoms with Crippen LogP contribution in [0, 0.1) is 12.3 Å². The van der Waals surface area contributed by atoms with Crippen LogP contribution in [-0.2, 0) is 4.75 Å². The Morgan fingerprint density at radius 2 is 1.81 bits per heavy atom. The standard InChI is InChI=1S/C21H22N2O2S2/c1-12-6-7-13(10-16(12)25-5)23-20(22)18-15-9-8-14(24-4)11-17(15)26-21(2,3)19(18)27-23/h6-11,22H,1-5H3. The molecule has 2 aromatic carbocycles. The van der Waals surface area contributed by atoms with Crippen LogP contribution in [0.2, 0.25) is 0 Å². The highest BCUT2D eigenvalue weighted by Gasteiger charge is 2.36. The monoisotopic (exact) mass is 398 g/mol. The number of aromatic nitrogens is 1. The number of hydrogen-bond acceptors (Lipinski definition) is 5. The zero-order valence-electron chi connectivity index (χ0n) is 16.0. The predicted molar refractivity (Wildman–Crippen MR) is 112 cm³/mol. The second-order valence-electron chi connectivity index (χ2n) is 7.07. The maximum absolute atomic E-state index is 8.92. The van der Waals surface area contributed by atoms with Gasteiger partial charge in [0, 0.05) is 27.0 Å². The van der Waals surface area contributed by atoms with Gasteiger partial charge < -0.3 is 9.47 Å². The molecule has 2 heterocycles. The maximum Gasteiger partial charge on any atom is 0.148 e. The average Bonchev–Trinajstić information content (AvgIpc) is 3.00. The third kappa shape index (κ3) is 2.87. The Balaban J connectivity index is 1.96. The Bertz CT molecular complexity index is 1100. The van der Waals surface area contributed by atoms with Gasteiger partial charge in [0.2, 0.25) is 0 Å². The summed E-state index contributed by atoms with van der Waals surface area (Å²) in [4.78, 5) is 2.38. The second-order valence-corrected chi connectivity index (χ2v) is 9.69. The van der Waals surface area contributed by atoms with Crippen LogP contribution in [0.4, 0.5) is 0 Å². The largest absolute Gasteiger partial charge is 0.497 e. The Morgan fingerprint density at radius 3 is 2.52 bits per heavy atom. The van der Waals surface area contributed by atoms with Crippen LogP contribution in [0.15, 0.2) is 41.3 Å². The van der Waals surface area contributed by atoms with Gasteiger partial charge in [0.05, 0.1) is 24.7 Å². The number of fused-ring (bicyclic) bond motifs is 3. The Kier molecular flexibility index (Phi) is 4.35. The fourth-order valence-corrected chi connectivity index (χ4v) is 5.95. The first-order valence-electron chi connectivity index (χ1n) is 8.69. The van der Waals surface area contributed by atoms with Crippen molar-refractivity contribution in [1.29, 1.82) is 5.41 Å². The molecule has 0 unspecified atom stereocenters. The van der Waals surface area contributed by atoms with E-state index in [1.807, 2.05) is 46.9 Å². The van der Waals surface area contributed by atoms with Crippen molar-refractivity contribution in [2.24, 2.45) is 0 Å². The van der Waals surface area contributed by atoms with Crippen LogP contribution in [0.3, 0.4) is 0 Å². The lowest BCUT2D eigenvalue weighted by Crippen LogP contribution is -2.19. The number of nitrogens with zero attached hydrogens (tertiary/aromatic N) is 1. The summed E-state index contributed by atoms with van der Waals surface area (Å²) in [6.45, 7) is 6.46. The van der Waals surface area contributed by atoms with Crippen LogP contribution in [-0.4, -0.2) is 18.2 Å². The first-order chi connectivity index (χ1) is 12.9. The van der Waals surface area contributed by atoms with Gasteiger partial charge in [0.15, 0.2) is 0 Å². The summed E-state index contributed by atoms with van der Waals surface area (Å²) < 4.78 is 12.8.